The number of nitrogens with zero attached hydrogens (tertiary/aromatic N) is 1. The van der Waals surface area contributed by atoms with E-state index in [1.807, 2.05) is 18.2 Å². The number of hydrogen-bond acceptors (Lipinski definition) is 5. The third-order valence-electron chi connectivity index (χ3n) is 3.63. The van der Waals surface area contributed by atoms with Crippen molar-refractivity contribution in [1.29, 1.82) is 0 Å². The third-order valence-corrected chi connectivity index (χ3v) is 3.63. The summed E-state index contributed by atoms with van der Waals surface area (Å²) in [6.07, 6.45) is 0. The Hall–Kier alpha value is -1.30. The maximum absolute atomic E-state index is 6.02. The normalized spacial score (nSPS) is 12.8. The van der Waals surface area contributed by atoms with Crippen molar-refractivity contribution in [3.05, 3.63) is 23.8 Å². The molecule has 0 aromatic heterocycles. The van der Waals surface area contributed by atoms with Gasteiger partial charge in [0, 0.05) is 32.3 Å². The zero-order valence-electron chi connectivity index (χ0n) is 13.8. The predicted octanol–water partition coefficient (Wildman–Crippen LogP) is 2.06. The summed E-state index contributed by atoms with van der Waals surface area (Å²) < 4.78 is 15.9. The Bertz CT molecular complexity index is 424. The second-order valence-corrected chi connectivity index (χ2v) is 5.19. The maximum Gasteiger partial charge on any atom is 0.161 e. The van der Waals surface area contributed by atoms with Crippen LogP contribution in [0, 0.1) is 0 Å². The molecule has 1 aromatic rings. The second kappa shape index (κ2) is 8.87. The summed E-state index contributed by atoms with van der Waals surface area (Å²) in [5.74, 6) is 1.45. The first kappa shape index (κ1) is 17.8. The number of ether oxygens (including phenoxy) is 3. The van der Waals surface area contributed by atoms with Crippen molar-refractivity contribution in [2.24, 2.45) is 5.73 Å². The van der Waals surface area contributed by atoms with Crippen LogP contribution in [-0.2, 0) is 4.74 Å². The smallest absolute Gasteiger partial charge is 0.161 e. The van der Waals surface area contributed by atoms with Crippen molar-refractivity contribution >= 4 is 0 Å². The summed E-state index contributed by atoms with van der Waals surface area (Å²) in [6, 6.07) is 6.47. The zero-order chi connectivity index (χ0) is 15.8. The van der Waals surface area contributed by atoms with Crippen LogP contribution in [0.2, 0.25) is 0 Å². The molecule has 0 fully saturated rings. The fourth-order valence-corrected chi connectivity index (χ4v) is 2.49. The lowest BCUT2D eigenvalue weighted by atomic mass is 10.0. The highest BCUT2D eigenvalue weighted by Crippen LogP contribution is 2.32. The molecule has 0 aliphatic heterocycles. The number of rotatable bonds is 9. The first-order chi connectivity index (χ1) is 10.1. The minimum absolute atomic E-state index is 0.125. The number of nitrogens with two attached hydrogens (primary N) is 1. The molecule has 1 unspecified atom stereocenters. The van der Waals surface area contributed by atoms with Gasteiger partial charge in [0.2, 0.25) is 0 Å². The molecule has 0 aliphatic carbocycles. The molecule has 0 amide bonds. The summed E-state index contributed by atoms with van der Waals surface area (Å²) in [4.78, 5) is 2.34. The SMILES string of the molecule is COCCN(C(C)C)C(CN)c1ccc(OC)c(OC)c1. The van der Waals surface area contributed by atoms with Crippen molar-refractivity contribution in [3.63, 3.8) is 0 Å². The number of hydrogen-bond donors (Lipinski definition) is 1. The minimum Gasteiger partial charge on any atom is -0.493 e. The molecule has 0 saturated carbocycles. The van der Waals surface area contributed by atoms with Crippen LogP contribution in [0.3, 0.4) is 0 Å². The fourth-order valence-electron chi connectivity index (χ4n) is 2.49. The standard InChI is InChI=1S/C16H28N2O3/c1-12(2)18(8-9-19-3)14(11-17)13-6-7-15(20-4)16(10-13)21-5/h6-7,10,12,14H,8-9,11,17H2,1-5H3. The van der Waals surface area contributed by atoms with Gasteiger partial charge in [-0.2, -0.15) is 0 Å². The Morgan fingerprint density at radius 1 is 1.10 bits per heavy atom. The van der Waals surface area contributed by atoms with Crippen LogP contribution in [0.4, 0.5) is 0 Å². The molecule has 0 bridgehead atoms. The maximum atomic E-state index is 6.02. The highest BCUT2D eigenvalue weighted by molar-refractivity contribution is 5.43. The van der Waals surface area contributed by atoms with Crippen molar-refractivity contribution in [2.45, 2.75) is 25.9 Å². The molecular weight excluding hydrogens is 268 g/mol. The van der Waals surface area contributed by atoms with E-state index in [2.05, 4.69) is 18.7 Å². The van der Waals surface area contributed by atoms with Crippen LogP contribution in [0.15, 0.2) is 18.2 Å². The van der Waals surface area contributed by atoms with E-state index < -0.39 is 0 Å². The van der Waals surface area contributed by atoms with Crippen LogP contribution >= 0.6 is 0 Å². The minimum atomic E-state index is 0.125. The Labute approximate surface area is 128 Å². The lowest BCUT2D eigenvalue weighted by Crippen LogP contribution is -2.40. The van der Waals surface area contributed by atoms with E-state index in [9.17, 15) is 0 Å². The monoisotopic (exact) mass is 296 g/mol. The van der Waals surface area contributed by atoms with Gasteiger partial charge in [-0.05, 0) is 31.5 Å². The quantitative estimate of drug-likeness (QED) is 0.756. The van der Waals surface area contributed by atoms with E-state index in [-0.39, 0.29) is 6.04 Å². The predicted molar refractivity (Wildman–Crippen MR) is 85.1 cm³/mol. The Balaban J connectivity index is 3.06. The van der Waals surface area contributed by atoms with E-state index in [0.717, 1.165) is 23.6 Å². The summed E-state index contributed by atoms with van der Waals surface area (Å²) in [5.41, 5.74) is 7.15. The molecule has 0 saturated heterocycles. The summed E-state index contributed by atoms with van der Waals surface area (Å²) in [5, 5.41) is 0. The van der Waals surface area contributed by atoms with Crippen LogP contribution in [0.5, 0.6) is 11.5 Å². The first-order valence-corrected chi connectivity index (χ1v) is 7.25. The van der Waals surface area contributed by atoms with Gasteiger partial charge in [-0.1, -0.05) is 6.07 Å². The second-order valence-electron chi connectivity index (χ2n) is 5.19. The first-order valence-electron chi connectivity index (χ1n) is 7.25. The highest BCUT2D eigenvalue weighted by atomic mass is 16.5. The van der Waals surface area contributed by atoms with Crippen LogP contribution in [-0.4, -0.2) is 52.0 Å². The average molecular weight is 296 g/mol. The van der Waals surface area contributed by atoms with Gasteiger partial charge in [0.25, 0.3) is 0 Å². The van der Waals surface area contributed by atoms with Crippen LogP contribution in [0.25, 0.3) is 0 Å². The lowest BCUT2D eigenvalue weighted by molar-refractivity contribution is 0.0978. The van der Waals surface area contributed by atoms with Gasteiger partial charge in [-0.15, -0.1) is 0 Å². The van der Waals surface area contributed by atoms with Gasteiger partial charge in [0.1, 0.15) is 0 Å². The Morgan fingerprint density at radius 2 is 1.76 bits per heavy atom. The van der Waals surface area contributed by atoms with Gasteiger partial charge in [0.15, 0.2) is 11.5 Å². The molecule has 5 heteroatoms. The summed E-state index contributed by atoms with van der Waals surface area (Å²) in [7, 11) is 4.99. The van der Waals surface area contributed by atoms with E-state index >= 15 is 0 Å². The largest absolute Gasteiger partial charge is 0.493 e. The van der Waals surface area contributed by atoms with Crippen LogP contribution in [0.1, 0.15) is 25.5 Å². The molecule has 1 rings (SSSR count). The average Bonchev–Trinajstić information content (AvgIpc) is 2.50. The summed E-state index contributed by atoms with van der Waals surface area (Å²) >= 11 is 0. The van der Waals surface area contributed by atoms with Crippen molar-refractivity contribution in [1.82, 2.24) is 4.90 Å². The lowest BCUT2D eigenvalue weighted by Gasteiger charge is -2.34. The molecule has 120 valence electrons. The van der Waals surface area contributed by atoms with E-state index in [4.69, 9.17) is 19.9 Å². The van der Waals surface area contributed by atoms with Gasteiger partial charge in [-0.25, -0.2) is 0 Å². The summed E-state index contributed by atoms with van der Waals surface area (Å²) in [6.45, 7) is 6.39. The van der Waals surface area contributed by atoms with Gasteiger partial charge < -0.3 is 19.9 Å². The molecule has 5 nitrogen and oxygen atoms in total. The fraction of sp³-hybridized carbons (Fsp3) is 0.625. The topological polar surface area (TPSA) is 57.0 Å². The van der Waals surface area contributed by atoms with Crippen molar-refractivity contribution in [2.75, 3.05) is 41.0 Å². The molecule has 2 N–H and O–H groups in total. The van der Waals surface area contributed by atoms with Gasteiger partial charge >= 0.3 is 0 Å². The molecule has 21 heavy (non-hydrogen) atoms. The molecule has 1 atom stereocenters. The zero-order valence-corrected chi connectivity index (χ0v) is 13.8. The van der Waals surface area contributed by atoms with E-state index in [1.165, 1.54) is 0 Å². The number of methoxy groups -OCH3 is 3. The van der Waals surface area contributed by atoms with Crippen molar-refractivity contribution in [3.8, 4) is 11.5 Å². The molecule has 0 heterocycles. The van der Waals surface area contributed by atoms with Gasteiger partial charge in [-0.3, -0.25) is 4.90 Å². The Morgan fingerprint density at radius 3 is 2.24 bits per heavy atom. The van der Waals surface area contributed by atoms with Crippen molar-refractivity contribution < 1.29 is 14.2 Å². The van der Waals surface area contributed by atoms with E-state index in [1.54, 1.807) is 21.3 Å². The van der Waals surface area contributed by atoms with Crippen LogP contribution < -0.4 is 15.2 Å². The molecule has 0 spiro atoms. The number of benzene rings is 1. The molecule has 0 radical (unpaired) electrons. The molecule has 0 aliphatic rings. The van der Waals surface area contributed by atoms with E-state index in [0.29, 0.717) is 19.2 Å². The molecular formula is C16H28N2O3. The molecule has 1 aromatic carbocycles. The van der Waals surface area contributed by atoms with Gasteiger partial charge in [0.05, 0.1) is 20.8 Å². The Kier molecular flexibility index (Phi) is 7.50. The third kappa shape index (κ3) is 4.59. The highest BCUT2D eigenvalue weighted by Gasteiger charge is 2.22.